The average molecular weight is 372 g/mol. The molecule has 26 heavy (non-hydrogen) atoms. The van der Waals surface area contributed by atoms with E-state index in [1.807, 2.05) is 4.90 Å². The summed E-state index contributed by atoms with van der Waals surface area (Å²) in [5.74, 6) is -0.246. The molecule has 0 aromatic heterocycles. The monoisotopic (exact) mass is 372 g/mol. The minimum Gasteiger partial charge on any atom is -0.444 e. The highest BCUT2D eigenvalue weighted by Gasteiger charge is 2.30. The summed E-state index contributed by atoms with van der Waals surface area (Å²) in [6.07, 6.45) is -4.80. The van der Waals surface area contributed by atoms with Crippen molar-refractivity contribution in [1.82, 2.24) is 9.80 Å². The molecule has 1 aliphatic heterocycles. The summed E-state index contributed by atoms with van der Waals surface area (Å²) in [5, 5.41) is 0. The molecule has 8 heteroatoms. The van der Waals surface area contributed by atoms with E-state index >= 15 is 0 Å². The first-order chi connectivity index (χ1) is 12.0. The van der Waals surface area contributed by atoms with E-state index in [4.69, 9.17) is 4.74 Å². The highest BCUT2D eigenvalue weighted by atomic mass is 19.4. The Labute approximate surface area is 150 Å². The van der Waals surface area contributed by atoms with Crippen LogP contribution in [0.2, 0.25) is 0 Å². The van der Waals surface area contributed by atoms with Crippen molar-refractivity contribution in [3.63, 3.8) is 0 Å². The zero-order chi connectivity index (χ0) is 19.5. The van der Waals surface area contributed by atoms with Gasteiger partial charge in [0.2, 0.25) is 0 Å². The van der Waals surface area contributed by atoms with E-state index in [1.54, 1.807) is 25.7 Å². The van der Waals surface area contributed by atoms with Crippen LogP contribution in [0.1, 0.15) is 36.7 Å². The summed E-state index contributed by atoms with van der Waals surface area (Å²) in [6, 6.07) is 4.21. The zero-order valence-corrected chi connectivity index (χ0v) is 15.1. The second-order valence-corrected chi connectivity index (χ2v) is 7.24. The van der Waals surface area contributed by atoms with E-state index in [1.165, 1.54) is 12.1 Å². The highest BCUT2D eigenvalue weighted by Crippen LogP contribution is 2.29. The quantitative estimate of drug-likeness (QED) is 0.763. The largest absolute Gasteiger partial charge is 0.444 e. The summed E-state index contributed by atoms with van der Waals surface area (Å²) < 4.78 is 43.0. The van der Waals surface area contributed by atoms with Gasteiger partial charge in [0.25, 0.3) is 0 Å². The summed E-state index contributed by atoms with van der Waals surface area (Å²) >= 11 is 0. The Balaban J connectivity index is 1.85. The molecule has 0 atom stereocenters. The number of hydrogen-bond donors (Lipinski definition) is 0. The molecule has 1 fully saturated rings. The van der Waals surface area contributed by atoms with Crippen molar-refractivity contribution in [3.8, 4) is 0 Å². The van der Waals surface area contributed by atoms with Crippen molar-refractivity contribution in [2.45, 2.75) is 32.5 Å². The van der Waals surface area contributed by atoms with Gasteiger partial charge < -0.3 is 9.64 Å². The number of rotatable bonds is 3. The number of Topliss-reactive ketones (excluding diaryl/α,β-unsaturated/α-hetero) is 1. The van der Waals surface area contributed by atoms with Gasteiger partial charge in [0.05, 0.1) is 12.1 Å². The molecule has 0 spiro atoms. The molecular weight excluding hydrogens is 349 g/mol. The average Bonchev–Trinajstić information content (AvgIpc) is 2.53. The molecular formula is C18H23F3N2O3. The van der Waals surface area contributed by atoms with Crippen molar-refractivity contribution in [2.24, 2.45) is 0 Å². The highest BCUT2D eigenvalue weighted by molar-refractivity contribution is 5.97. The SMILES string of the molecule is CC(C)(C)OC(=O)N1CCN(CC(=O)c2ccc(C(F)(F)F)cc2)CC1. The summed E-state index contributed by atoms with van der Waals surface area (Å²) in [5.41, 5.74) is -1.10. The molecule has 0 unspecified atom stereocenters. The Morgan fingerprint density at radius 3 is 2.00 bits per heavy atom. The van der Waals surface area contributed by atoms with Gasteiger partial charge in [-0.25, -0.2) is 4.79 Å². The van der Waals surface area contributed by atoms with Crippen LogP contribution in [0.25, 0.3) is 0 Å². The van der Waals surface area contributed by atoms with Crippen LogP contribution in [0.4, 0.5) is 18.0 Å². The normalized spacial score (nSPS) is 16.5. The molecule has 1 amide bonds. The number of nitrogens with zero attached hydrogens (tertiary/aromatic N) is 2. The van der Waals surface area contributed by atoms with Gasteiger partial charge in [-0.2, -0.15) is 13.2 Å². The summed E-state index contributed by atoms with van der Waals surface area (Å²) in [6.45, 7) is 7.38. The Bertz CT molecular complexity index is 643. The van der Waals surface area contributed by atoms with Crippen LogP contribution in [-0.2, 0) is 10.9 Å². The molecule has 1 aromatic carbocycles. The molecule has 1 saturated heterocycles. The Morgan fingerprint density at radius 2 is 1.54 bits per heavy atom. The smallest absolute Gasteiger partial charge is 0.416 e. The predicted molar refractivity (Wildman–Crippen MR) is 90.0 cm³/mol. The van der Waals surface area contributed by atoms with E-state index in [9.17, 15) is 22.8 Å². The van der Waals surface area contributed by atoms with Crippen LogP contribution in [0.15, 0.2) is 24.3 Å². The third-order valence-corrected chi connectivity index (χ3v) is 3.93. The van der Waals surface area contributed by atoms with Crippen molar-refractivity contribution >= 4 is 11.9 Å². The third-order valence-electron chi connectivity index (χ3n) is 3.93. The summed E-state index contributed by atoms with van der Waals surface area (Å²) in [7, 11) is 0. The molecule has 1 aliphatic rings. The predicted octanol–water partition coefficient (Wildman–Crippen LogP) is 3.44. The van der Waals surface area contributed by atoms with Gasteiger partial charge >= 0.3 is 12.3 Å². The number of piperazine rings is 1. The molecule has 5 nitrogen and oxygen atoms in total. The molecule has 0 N–H and O–H groups in total. The minimum absolute atomic E-state index is 0.105. The fraction of sp³-hybridized carbons (Fsp3) is 0.556. The van der Waals surface area contributed by atoms with Gasteiger partial charge in [0.15, 0.2) is 5.78 Å². The maximum absolute atomic E-state index is 12.6. The zero-order valence-electron chi connectivity index (χ0n) is 15.1. The molecule has 1 heterocycles. The van der Waals surface area contributed by atoms with Gasteiger partial charge in [-0.15, -0.1) is 0 Å². The molecule has 0 saturated carbocycles. The van der Waals surface area contributed by atoms with Crippen molar-refractivity contribution < 1.29 is 27.5 Å². The molecule has 0 radical (unpaired) electrons. The number of amides is 1. The van der Waals surface area contributed by atoms with Gasteiger partial charge in [-0.3, -0.25) is 9.69 Å². The molecule has 0 bridgehead atoms. The summed E-state index contributed by atoms with van der Waals surface area (Å²) in [4.78, 5) is 27.7. The number of carbonyl (C=O) groups is 2. The first-order valence-electron chi connectivity index (χ1n) is 8.36. The standard InChI is InChI=1S/C18H23F3N2O3/c1-17(2,3)26-16(25)23-10-8-22(9-11-23)12-15(24)13-4-6-14(7-5-13)18(19,20)21/h4-7H,8-12H2,1-3H3. The van der Waals surface area contributed by atoms with Crippen molar-refractivity contribution in [3.05, 3.63) is 35.4 Å². The Morgan fingerprint density at radius 1 is 1.00 bits per heavy atom. The van der Waals surface area contributed by atoms with E-state index < -0.39 is 17.3 Å². The van der Waals surface area contributed by atoms with E-state index in [0.29, 0.717) is 26.2 Å². The number of carbonyl (C=O) groups excluding carboxylic acids is 2. The lowest BCUT2D eigenvalue weighted by atomic mass is 10.1. The second kappa shape index (κ2) is 7.65. The molecule has 144 valence electrons. The number of benzene rings is 1. The van der Waals surface area contributed by atoms with Crippen molar-refractivity contribution in [1.29, 1.82) is 0 Å². The Hall–Kier alpha value is -2.09. The second-order valence-electron chi connectivity index (χ2n) is 7.24. The van der Waals surface area contributed by atoms with Crippen LogP contribution in [0.5, 0.6) is 0 Å². The van der Waals surface area contributed by atoms with Gasteiger partial charge in [0.1, 0.15) is 5.60 Å². The lowest BCUT2D eigenvalue weighted by Gasteiger charge is -2.35. The lowest BCUT2D eigenvalue weighted by molar-refractivity contribution is -0.137. The van der Waals surface area contributed by atoms with E-state index in [0.717, 1.165) is 12.1 Å². The molecule has 0 aliphatic carbocycles. The van der Waals surface area contributed by atoms with Gasteiger partial charge in [0, 0.05) is 31.7 Å². The van der Waals surface area contributed by atoms with Crippen molar-refractivity contribution in [2.75, 3.05) is 32.7 Å². The number of ether oxygens (including phenoxy) is 1. The Kier molecular flexibility index (Phi) is 5.95. The van der Waals surface area contributed by atoms with E-state index in [2.05, 4.69) is 0 Å². The van der Waals surface area contributed by atoms with Gasteiger partial charge in [-0.1, -0.05) is 12.1 Å². The first-order valence-corrected chi connectivity index (χ1v) is 8.36. The maximum Gasteiger partial charge on any atom is 0.416 e. The fourth-order valence-electron chi connectivity index (χ4n) is 2.55. The van der Waals surface area contributed by atoms with Gasteiger partial charge in [-0.05, 0) is 32.9 Å². The van der Waals surface area contributed by atoms with Crippen LogP contribution < -0.4 is 0 Å². The van der Waals surface area contributed by atoms with Crippen LogP contribution >= 0.6 is 0 Å². The maximum atomic E-state index is 12.6. The third kappa shape index (κ3) is 5.72. The fourth-order valence-corrected chi connectivity index (χ4v) is 2.55. The number of alkyl halides is 3. The van der Waals surface area contributed by atoms with Crippen LogP contribution in [0, 0.1) is 0 Å². The minimum atomic E-state index is -4.42. The topological polar surface area (TPSA) is 49.9 Å². The van der Waals surface area contributed by atoms with E-state index in [-0.39, 0.29) is 24.0 Å². The number of halogens is 3. The van der Waals surface area contributed by atoms with Crippen LogP contribution in [-0.4, -0.2) is 60.0 Å². The number of hydrogen-bond acceptors (Lipinski definition) is 4. The molecule has 2 rings (SSSR count). The molecule has 1 aromatic rings. The lowest BCUT2D eigenvalue weighted by Crippen LogP contribution is -2.51. The first kappa shape index (κ1) is 20.2. The number of ketones is 1. The van der Waals surface area contributed by atoms with Crippen LogP contribution in [0.3, 0.4) is 0 Å².